The first kappa shape index (κ1) is 70.7. The van der Waals surface area contributed by atoms with Crippen LogP contribution in [0.5, 0.6) is 17.2 Å². The van der Waals surface area contributed by atoms with Gasteiger partial charge in [-0.25, -0.2) is 4.79 Å². The molecular formula is C71H82N16O10. The Hall–Kier alpha value is -10.6. The molecule has 97 heavy (non-hydrogen) atoms. The van der Waals surface area contributed by atoms with E-state index in [0.717, 1.165) is 123 Å². The number of nitrogens with zero attached hydrogens (tertiary/aromatic N) is 15. The number of ketones is 2. The molecule has 3 N–H and O–H groups in total. The lowest BCUT2D eigenvalue weighted by Gasteiger charge is -2.17. The van der Waals surface area contributed by atoms with Gasteiger partial charge in [0.1, 0.15) is 35.3 Å². The number of hydrogen-bond acceptors (Lipinski definition) is 25. The lowest BCUT2D eigenvalue weighted by atomic mass is 10.0. The highest BCUT2D eigenvalue weighted by molar-refractivity contribution is 5.87. The first-order valence-corrected chi connectivity index (χ1v) is 31.9. The molecule has 506 valence electrons. The summed E-state index contributed by atoms with van der Waals surface area (Å²) in [7, 11) is 9.14. The Kier molecular flexibility index (Phi) is 26.5. The van der Waals surface area contributed by atoms with Crippen LogP contribution in [0, 0.1) is 17.8 Å². The molecule has 0 aliphatic carbocycles. The SMILES string of the molecule is COc1cccc(C(OC)C(=O)O)c1.COc1cccc([C@@H](OC)C(=O)Cc2ccc(N3CC[C@@H](Cc4cccnn4)C3)nn2)c1.COc1cccc([C@H](OC)C(=O)Cc2ccc(N3CC[C@@H](Cc4cccnn4)C3)nn2)c1.Nc1ccc(N2CC[C@@H](Cc3cccnn3)C2)nn1. The van der Waals surface area contributed by atoms with Crippen molar-refractivity contribution in [2.24, 2.45) is 17.8 Å². The first-order chi connectivity index (χ1) is 47.3. The minimum absolute atomic E-state index is 0.0759. The molecule has 9 heterocycles. The molecule has 6 aromatic heterocycles. The van der Waals surface area contributed by atoms with E-state index in [1.165, 1.54) is 28.4 Å². The Bertz CT molecular complexity index is 3710. The summed E-state index contributed by atoms with van der Waals surface area (Å²) in [5, 5.41) is 58.5. The Labute approximate surface area is 563 Å². The zero-order valence-electron chi connectivity index (χ0n) is 55.4. The Morgan fingerprint density at radius 3 is 1.06 bits per heavy atom. The number of nitrogens with two attached hydrogens (primary N) is 1. The Balaban J connectivity index is 0.000000159. The molecule has 0 radical (unpaired) electrons. The quantitative estimate of drug-likeness (QED) is 0.0546. The van der Waals surface area contributed by atoms with Gasteiger partial charge in [0.25, 0.3) is 0 Å². The average Bonchev–Trinajstić information content (AvgIpc) is 1.97. The van der Waals surface area contributed by atoms with Crippen LogP contribution in [0.3, 0.4) is 0 Å². The van der Waals surface area contributed by atoms with Crippen molar-refractivity contribution in [2.45, 2.75) is 69.7 Å². The molecule has 3 aromatic carbocycles. The van der Waals surface area contributed by atoms with Gasteiger partial charge in [-0.2, -0.15) is 40.8 Å². The van der Waals surface area contributed by atoms with Crippen molar-refractivity contribution in [3.63, 3.8) is 0 Å². The molecule has 3 aliphatic heterocycles. The monoisotopic (exact) mass is 1320 g/mol. The van der Waals surface area contributed by atoms with Crippen molar-refractivity contribution in [1.29, 1.82) is 0 Å². The van der Waals surface area contributed by atoms with Crippen LogP contribution >= 0.6 is 0 Å². The van der Waals surface area contributed by atoms with Crippen molar-refractivity contribution in [3.05, 3.63) is 209 Å². The molecule has 26 nitrogen and oxygen atoms in total. The second-order valence-corrected chi connectivity index (χ2v) is 23.4. The molecule has 26 heteroatoms. The van der Waals surface area contributed by atoms with Crippen LogP contribution in [0.1, 0.15) is 82.7 Å². The number of ether oxygens (including phenoxy) is 6. The van der Waals surface area contributed by atoms with E-state index < -0.39 is 24.3 Å². The van der Waals surface area contributed by atoms with Crippen LogP contribution < -0.4 is 34.6 Å². The summed E-state index contributed by atoms with van der Waals surface area (Å²) in [6.07, 6.45) is 9.18. The molecular weight excluding hydrogens is 1240 g/mol. The highest BCUT2D eigenvalue weighted by Gasteiger charge is 2.29. The van der Waals surface area contributed by atoms with Gasteiger partial charge in [-0.15, -0.1) is 20.4 Å². The van der Waals surface area contributed by atoms with E-state index in [1.54, 1.807) is 63.1 Å². The minimum Gasteiger partial charge on any atom is -0.497 e. The number of aromatic nitrogens is 12. The zero-order valence-corrected chi connectivity index (χ0v) is 55.4. The first-order valence-electron chi connectivity index (χ1n) is 31.9. The molecule has 0 amide bonds. The van der Waals surface area contributed by atoms with Gasteiger partial charge in [0.2, 0.25) is 0 Å². The van der Waals surface area contributed by atoms with Crippen LogP contribution in [0.2, 0.25) is 0 Å². The molecule has 0 spiro atoms. The van der Waals surface area contributed by atoms with E-state index in [1.807, 2.05) is 115 Å². The number of carbonyl (C=O) groups excluding carboxylic acids is 2. The molecule has 3 aliphatic rings. The van der Waals surface area contributed by atoms with Crippen molar-refractivity contribution >= 4 is 40.8 Å². The number of nitrogen functional groups attached to an aromatic ring is 1. The van der Waals surface area contributed by atoms with Gasteiger partial charge >= 0.3 is 5.97 Å². The largest absolute Gasteiger partial charge is 0.497 e. The number of benzene rings is 3. The van der Waals surface area contributed by atoms with Crippen molar-refractivity contribution in [3.8, 4) is 17.2 Å². The normalized spacial score (nSPS) is 16.4. The van der Waals surface area contributed by atoms with E-state index >= 15 is 0 Å². The number of aliphatic carboxylic acids is 1. The van der Waals surface area contributed by atoms with Gasteiger partial charge in [0, 0.05) is 79.2 Å². The summed E-state index contributed by atoms with van der Waals surface area (Å²) in [5.74, 6) is 5.46. The predicted octanol–water partition coefficient (Wildman–Crippen LogP) is 8.07. The number of Topliss-reactive ketones (excluding diaryl/α,β-unsaturated/α-hetero) is 2. The smallest absolute Gasteiger partial charge is 0.337 e. The molecule has 1 unspecified atom stereocenters. The number of carboxylic acid groups (broad SMARTS) is 1. The summed E-state index contributed by atoms with van der Waals surface area (Å²) in [6.45, 7) is 5.66. The Morgan fingerprint density at radius 1 is 0.423 bits per heavy atom. The van der Waals surface area contributed by atoms with E-state index in [9.17, 15) is 14.4 Å². The van der Waals surface area contributed by atoms with Gasteiger partial charge in [0.05, 0.1) is 62.6 Å². The fourth-order valence-electron chi connectivity index (χ4n) is 11.8. The number of anilines is 4. The summed E-state index contributed by atoms with van der Waals surface area (Å²) >= 11 is 0. The van der Waals surface area contributed by atoms with E-state index in [2.05, 4.69) is 75.9 Å². The maximum Gasteiger partial charge on any atom is 0.337 e. The van der Waals surface area contributed by atoms with E-state index in [0.29, 0.717) is 57.8 Å². The van der Waals surface area contributed by atoms with Gasteiger partial charge < -0.3 is 54.0 Å². The average molecular weight is 1320 g/mol. The fraction of sp³-hybridized carbons (Fsp3) is 0.366. The van der Waals surface area contributed by atoms with Crippen molar-refractivity contribution < 1.29 is 47.9 Å². The van der Waals surface area contributed by atoms with Crippen LogP contribution in [0.15, 0.2) is 164 Å². The van der Waals surface area contributed by atoms with E-state index in [4.69, 9.17) is 39.3 Å². The zero-order chi connectivity index (χ0) is 68.3. The molecule has 3 fully saturated rings. The third kappa shape index (κ3) is 21.0. The van der Waals surface area contributed by atoms with Crippen LogP contribution in [0.4, 0.5) is 23.3 Å². The number of hydrogen-bond donors (Lipinski definition) is 2. The predicted molar refractivity (Wildman–Crippen MR) is 362 cm³/mol. The topological polar surface area (TPSA) is 317 Å². The summed E-state index contributed by atoms with van der Waals surface area (Å²) in [4.78, 5) is 43.2. The highest BCUT2D eigenvalue weighted by atomic mass is 16.5. The lowest BCUT2D eigenvalue weighted by molar-refractivity contribution is -0.148. The molecule has 0 bridgehead atoms. The van der Waals surface area contributed by atoms with Gasteiger partial charge in [0.15, 0.2) is 35.1 Å². The minimum atomic E-state index is -1.01. The fourth-order valence-corrected chi connectivity index (χ4v) is 11.8. The summed E-state index contributed by atoms with van der Waals surface area (Å²) in [5.41, 5.74) is 12.0. The van der Waals surface area contributed by atoms with Crippen molar-refractivity contribution in [1.82, 2.24) is 61.2 Å². The molecule has 0 saturated carbocycles. The molecule has 12 rings (SSSR count). The second-order valence-electron chi connectivity index (χ2n) is 23.4. The van der Waals surface area contributed by atoms with Crippen LogP contribution in [-0.2, 0) is 60.7 Å². The van der Waals surface area contributed by atoms with Gasteiger partial charge in [-0.3, -0.25) is 9.59 Å². The lowest BCUT2D eigenvalue weighted by Crippen LogP contribution is -2.22. The number of rotatable bonds is 25. The van der Waals surface area contributed by atoms with E-state index in [-0.39, 0.29) is 24.4 Å². The third-order valence-electron chi connectivity index (χ3n) is 16.7. The second kappa shape index (κ2) is 36.4. The third-order valence-corrected chi connectivity index (χ3v) is 16.7. The van der Waals surface area contributed by atoms with Gasteiger partial charge in [-0.05, 0) is 182 Å². The maximum atomic E-state index is 12.8. The molecule has 3 saturated heterocycles. The molecule has 9 aromatic rings. The van der Waals surface area contributed by atoms with Crippen LogP contribution in [-0.4, -0.2) is 166 Å². The Morgan fingerprint density at radius 2 is 0.773 bits per heavy atom. The maximum absolute atomic E-state index is 12.8. The summed E-state index contributed by atoms with van der Waals surface area (Å²) < 4.78 is 31.3. The summed E-state index contributed by atoms with van der Waals surface area (Å²) in [6, 6.07) is 44.6. The number of carboxylic acids is 1. The number of methoxy groups -OCH3 is 6. The van der Waals surface area contributed by atoms with Crippen molar-refractivity contribution in [2.75, 3.05) is 102 Å². The molecule has 6 atom stereocenters. The van der Waals surface area contributed by atoms with Crippen LogP contribution in [0.25, 0.3) is 0 Å². The highest BCUT2D eigenvalue weighted by Crippen LogP contribution is 2.30. The standard InChI is InChI=1S/2C24H27N5O3.C13H16N6.C10H12O4/c2*1-31-21-7-3-5-18(14-21)24(32-2)22(30)15-20-8-9-23(28-27-20)29-12-10-17(16-29)13-19-6-4-11-25-26-19;14-12-3-4-13(18-17-12)19-7-5-10(9-19)8-11-2-1-6-15-16-11;1-13-8-5-3-4-7(6-8)9(14-2)10(11)12/h2*3-9,11,14,17,24H,10,12-13,15-16H2,1-2H3;1-4,6,10H,5,7-9H2,(H2,14,17);3-6,9H,1-2H3,(H,11,12)/t17-,24+;17-,24-;10-;/m000./s1. The van der Waals surface area contributed by atoms with Gasteiger partial charge in [-0.1, -0.05) is 36.4 Å². The number of carbonyl (C=O) groups is 3.